The number of hydrogen-bond acceptors (Lipinski definition) is 2. The predicted molar refractivity (Wildman–Crippen MR) is 99.3 cm³/mol. The lowest BCUT2D eigenvalue weighted by Gasteiger charge is -2.34. The molecule has 4 nitrogen and oxygen atoms in total. The molecule has 0 aliphatic carbocycles. The average molecular weight is 370 g/mol. The molecule has 1 heterocycles. The van der Waals surface area contributed by atoms with Gasteiger partial charge in [0.05, 0.1) is 13.0 Å². The van der Waals surface area contributed by atoms with Crippen LogP contribution in [0.25, 0.3) is 0 Å². The Labute approximate surface area is 153 Å². The number of hydrogen-bond donors (Lipinski definition) is 2. The summed E-state index contributed by atoms with van der Waals surface area (Å²) in [4.78, 5) is 6.94. The Morgan fingerprint density at radius 2 is 1.92 bits per heavy atom. The number of rotatable bonds is 7. The van der Waals surface area contributed by atoms with Crippen LogP contribution in [0.2, 0.25) is 0 Å². The van der Waals surface area contributed by atoms with Gasteiger partial charge in [-0.3, -0.25) is 9.89 Å². The Kier molecular flexibility index (Phi) is 7.75. The molecule has 1 aromatic carbocycles. The average Bonchev–Trinajstić information content (AvgIpc) is 2.61. The molecule has 1 aliphatic heterocycles. The molecule has 0 saturated carbocycles. The summed E-state index contributed by atoms with van der Waals surface area (Å²) >= 11 is 0. The van der Waals surface area contributed by atoms with Crippen molar-refractivity contribution < 1.29 is 13.2 Å². The third-order valence-electron chi connectivity index (χ3n) is 4.65. The van der Waals surface area contributed by atoms with Gasteiger partial charge in [0, 0.05) is 32.2 Å². The highest BCUT2D eigenvalue weighted by atomic mass is 19.4. The van der Waals surface area contributed by atoms with Crippen LogP contribution in [0.3, 0.4) is 0 Å². The van der Waals surface area contributed by atoms with Gasteiger partial charge in [0.25, 0.3) is 0 Å². The fraction of sp³-hybridized carbons (Fsp3) is 0.632. The van der Waals surface area contributed by atoms with Gasteiger partial charge in [0.2, 0.25) is 0 Å². The van der Waals surface area contributed by atoms with Crippen molar-refractivity contribution in [3.63, 3.8) is 0 Å². The number of benzene rings is 1. The van der Waals surface area contributed by atoms with Crippen molar-refractivity contribution >= 4 is 5.96 Å². The van der Waals surface area contributed by atoms with Crippen molar-refractivity contribution in [1.29, 1.82) is 0 Å². The van der Waals surface area contributed by atoms with Crippen LogP contribution >= 0.6 is 0 Å². The van der Waals surface area contributed by atoms with E-state index in [0.717, 1.165) is 25.9 Å². The summed E-state index contributed by atoms with van der Waals surface area (Å²) in [5.41, 5.74) is 2.76. The summed E-state index contributed by atoms with van der Waals surface area (Å²) in [5, 5.41) is 5.80. The fourth-order valence-electron chi connectivity index (χ4n) is 3.19. The molecule has 2 N–H and O–H groups in total. The highest BCUT2D eigenvalue weighted by Gasteiger charge is 2.26. The Balaban J connectivity index is 1.93. The second-order valence-corrected chi connectivity index (χ2v) is 6.56. The number of nitrogens with one attached hydrogen (secondary N) is 2. The SMILES string of the molecule is CCNC(=NCC(CC)N1CCc2ccccc2C1)NCCC(F)(F)F. The van der Waals surface area contributed by atoms with Crippen LogP contribution in [0, 0.1) is 0 Å². The molecule has 0 spiro atoms. The summed E-state index contributed by atoms with van der Waals surface area (Å²) in [6.45, 7) is 6.95. The van der Waals surface area contributed by atoms with Crippen molar-refractivity contribution in [1.82, 2.24) is 15.5 Å². The summed E-state index contributed by atoms with van der Waals surface area (Å²) in [6.07, 6.45) is -3.04. The zero-order valence-corrected chi connectivity index (χ0v) is 15.6. The Morgan fingerprint density at radius 1 is 1.19 bits per heavy atom. The van der Waals surface area contributed by atoms with E-state index in [-0.39, 0.29) is 12.6 Å². The summed E-state index contributed by atoms with van der Waals surface area (Å²) in [6, 6.07) is 8.77. The number of guanidine groups is 1. The number of nitrogens with zero attached hydrogens (tertiary/aromatic N) is 2. The van der Waals surface area contributed by atoms with Gasteiger partial charge in [-0.05, 0) is 30.9 Å². The lowest BCUT2D eigenvalue weighted by molar-refractivity contribution is -0.132. The molecule has 1 aliphatic rings. The van der Waals surface area contributed by atoms with E-state index in [1.54, 1.807) is 0 Å². The Hall–Kier alpha value is -1.76. The van der Waals surface area contributed by atoms with E-state index in [2.05, 4.69) is 51.7 Å². The second-order valence-electron chi connectivity index (χ2n) is 6.56. The highest BCUT2D eigenvalue weighted by molar-refractivity contribution is 5.79. The van der Waals surface area contributed by atoms with E-state index in [1.807, 2.05) is 6.92 Å². The summed E-state index contributed by atoms with van der Waals surface area (Å²) in [5.74, 6) is 0.451. The Bertz CT molecular complexity index is 586. The van der Waals surface area contributed by atoms with Crippen molar-refractivity contribution in [3.05, 3.63) is 35.4 Å². The number of halogens is 3. The third kappa shape index (κ3) is 6.52. The molecule has 2 rings (SSSR count). The van der Waals surface area contributed by atoms with Crippen LogP contribution in [0.15, 0.2) is 29.3 Å². The quantitative estimate of drug-likeness (QED) is 0.571. The predicted octanol–water partition coefficient (Wildman–Crippen LogP) is 3.33. The molecule has 1 atom stereocenters. The maximum atomic E-state index is 12.3. The second kappa shape index (κ2) is 9.80. The molecule has 0 fully saturated rings. The van der Waals surface area contributed by atoms with Crippen LogP contribution in [0.1, 0.15) is 37.8 Å². The minimum atomic E-state index is -4.16. The standard InChI is InChI=1S/C19H29F3N4/c1-3-17(26-12-9-15-7-5-6-8-16(15)14-26)13-25-18(23-4-2)24-11-10-19(20,21)22/h5-8,17H,3-4,9-14H2,1-2H3,(H2,23,24,25). The van der Waals surface area contributed by atoms with Gasteiger partial charge in [-0.25, -0.2) is 0 Å². The van der Waals surface area contributed by atoms with Crippen LogP contribution in [-0.4, -0.2) is 49.3 Å². The molecule has 1 unspecified atom stereocenters. The third-order valence-corrected chi connectivity index (χ3v) is 4.65. The largest absolute Gasteiger partial charge is 0.390 e. The summed E-state index contributed by atoms with van der Waals surface area (Å²) in [7, 11) is 0. The van der Waals surface area contributed by atoms with E-state index in [9.17, 15) is 13.2 Å². The molecular weight excluding hydrogens is 341 g/mol. The van der Waals surface area contributed by atoms with Crippen LogP contribution in [-0.2, 0) is 13.0 Å². The first-order chi connectivity index (χ1) is 12.4. The molecule has 0 aromatic heterocycles. The topological polar surface area (TPSA) is 39.7 Å². The normalized spacial score (nSPS) is 16.9. The zero-order valence-electron chi connectivity index (χ0n) is 15.6. The van der Waals surface area contributed by atoms with Gasteiger partial charge < -0.3 is 10.6 Å². The van der Waals surface area contributed by atoms with E-state index in [4.69, 9.17) is 0 Å². The van der Waals surface area contributed by atoms with Crippen LogP contribution in [0.4, 0.5) is 13.2 Å². The van der Waals surface area contributed by atoms with E-state index >= 15 is 0 Å². The Morgan fingerprint density at radius 3 is 2.58 bits per heavy atom. The first-order valence-corrected chi connectivity index (χ1v) is 9.32. The fourth-order valence-corrected chi connectivity index (χ4v) is 3.19. The van der Waals surface area contributed by atoms with Gasteiger partial charge in [-0.1, -0.05) is 31.2 Å². The first-order valence-electron chi connectivity index (χ1n) is 9.32. The zero-order chi connectivity index (χ0) is 19.0. The van der Waals surface area contributed by atoms with Gasteiger partial charge in [0.1, 0.15) is 0 Å². The van der Waals surface area contributed by atoms with E-state index < -0.39 is 12.6 Å². The molecular formula is C19H29F3N4. The maximum Gasteiger partial charge on any atom is 0.390 e. The van der Waals surface area contributed by atoms with Gasteiger partial charge >= 0.3 is 6.18 Å². The lowest BCUT2D eigenvalue weighted by Crippen LogP contribution is -2.43. The van der Waals surface area contributed by atoms with Gasteiger partial charge in [-0.15, -0.1) is 0 Å². The van der Waals surface area contributed by atoms with Crippen LogP contribution < -0.4 is 10.6 Å². The molecule has 26 heavy (non-hydrogen) atoms. The van der Waals surface area contributed by atoms with Gasteiger partial charge in [-0.2, -0.15) is 13.2 Å². The first kappa shape index (κ1) is 20.6. The van der Waals surface area contributed by atoms with Crippen molar-refractivity contribution in [2.24, 2.45) is 4.99 Å². The number of aliphatic imine (C=N–C) groups is 1. The van der Waals surface area contributed by atoms with Crippen molar-refractivity contribution in [2.75, 3.05) is 26.2 Å². The van der Waals surface area contributed by atoms with E-state index in [1.165, 1.54) is 11.1 Å². The molecule has 0 bridgehead atoms. The lowest BCUT2D eigenvalue weighted by atomic mass is 9.98. The summed E-state index contributed by atoms with van der Waals surface area (Å²) < 4.78 is 37.0. The molecule has 0 radical (unpaired) electrons. The number of fused-ring (bicyclic) bond motifs is 1. The molecule has 7 heteroatoms. The molecule has 146 valence electrons. The monoisotopic (exact) mass is 370 g/mol. The van der Waals surface area contributed by atoms with Crippen LogP contribution in [0.5, 0.6) is 0 Å². The molecule has 1 aromatic rings. The maximum absolute atomic E-state index is 12.3. The van der Waals surface area contributed by atoms with E-state index in [0.29, 0.717) is 19.0 Å². The van der Waals surface area contributed by atoms with Crippen molar-refractivity contribution in [3.8, 4) is 0 Å². The minimum Gasteiger partial charge on any atom is -0.357 e. The van der Waals surface area contributed by atoms with Crippen molar-refractivity contribution in [2.45, 2.75) is 51.9 Å². The smallest absolute Gasteiger partial charge is 0.357 e. The number of alkyl halides is 3. The molecule has 0 saturated heterocycles. The highest BCUT2D eigenvalue weighted by Crippen LogP contribution is 2.21. The van der Waals surface area contributed by atoms with Gasteiger partial charge in [0.15, 0.2) is 5.96 Å². The molecule has 0 amide bonds. The minimum absolute atomic E-state index is 0.163.